The fourth-order valence-corrected chi connectivity index (χ4v) is 4.16. The molecule has 17 heavy (non-hydrogen) atoms. The molecule has 0 unspecified atom stereocenters. The van der Waals surface area contributed by atoms with Crippen molar-refractivity contribution in [2.45, 2.75) is 43.2 Å². The maximum absolute atomic E-state index is 9.20. The van der Waals surface area contributed by atoms with Gasteiger partial charge in [0.05, 0.1) is 0 Å². The van der Waals surface area contributed by atoms with Gasteiger partial charge in [-0.2, -0.15) is 0 Å². The monoisotopic (exact) mass is 300 g/mol. The predicted molar refractivity (Wildman–Crippen MR) is 70.9 cm³/mol. The normalized spacial score (nSPS) is 25.5. The van der Waals surface area contributed by atoms with Gasteiger partial charge in [-0.1, -0.05) is 0 Å². The molecule has 3 heteroatoms. The van der Waals surface area contributed by atoms with Gasteiger partial charge in [0.25, 0.3) is 0 Å². The molecular weight excluding hydrogens is 279 g/mol. The van der Waals surface area contributed by atoms with E-state index >= 15 is 0 Å². The van der Waals surface area contributed by atoms with Crippen molar-refractivity contribution < 1.29 is 9.84 Å². The summed E-state index contributed by atoms with van der Waals surface area (Å²) < 4.78 is 7.39. The van der Waals surface area contributed by atoms with Crippen LogP contribution in [0.15, 0.2) is 30.3 Å². The van der Waals surface area contributed by atoms with Gasteiger partial charge in [0.1, 0.15) is 0 Å². The molecule has 1 heterocycles. The number of benzene rings is 1. The molecule has 0 amide bonds. The van der Waals surface area contributed by atoms with E-state index in [0.717, 1.165) is 18.2 Å². The van der Waals surface area contributed by atoms with Crippen molar-refractivity contribution in [2.75, 3.05) is 6.61 Å². The summed E-state index contributed by atoms with van der Waals surface area (Å²) in [5, 5.41) is 10.3. The molecular formula is C14H20O2Se. The first-order chi connectivity index (χ1) is 8.38. The van der Waals surface area contributed by atoms with Crippen LogP contribution in [0.5, 0.6) is 0 Å². The zero-order valence-electron chi connectivity index (χ0n) is 10.0. The molecule has 0 spiro atoms. The Morgan fingerprint density at radius 1 is 1.12 bits per heavy atom. The van der Waals surface area contributed by atoms with Crippen molar-refractivity contribution in [1.29, 1.82) is 0 Å². The summed E-state index contributed by atoms with van der Waals surface area (Å²) in [6.45, 7) is 0.175. The van der Waals surface area contributed by atoms with Gasteiger partial charge >= 0.3 is 109 Å². The molecule has 2 atom stereocenters. The van der Waals surface area contributed by atoms with Crippen molar-refractivity contribution >= 4 is 19.4 Å². The average Bonchev–Trinajstić information content (AvgIpc) is 2.62. The SMILES string of the molecule is OC[C@@H]1CCCC[C@H](C[Se]c2ccccc2)O1. The summed E-state index contributed by atoms with van der Waals surface area (Å²) >= 11 is 0.496. The Morgan fingerprint density at radius 2 is 1.82 bits per heavy atom. The first-order valence-corrected chi connectivity index (χ1v) is 8.39. The molecule has 1 aromatic rings. The van der Waals surface area contributed by atoms with Gasteiger partial charge in [0.15, 0.2) is 0 Å². The van der Waals surface area contributed by atoms with E-state index in [9.17, 15) is 5.11 Å². The van der Waals surface area contributed by atoms with E-state index in [2.05, 4.69) is 30.3 Å². The molecule has 2 rings (SSSR count). The molecule has 0 aromatic heterocycles. The molecule has 1 aliphatic heterocycles. The quantitative estimate of drug-likeness (QED) is 0.859. The van der Waals surface area contributed by atoms with Crippen LogP contribution in [0.2, 0.25) is 5.32 Å². The molecule has 1 saturated heterocycles. The van der Waals surface area contributed by atoms with Crippen molar-refractivity contribution in [3.63, 3.8) is 0 Å². The number of aliphatic hydroxyl groups is 1. The Balaban J connectivity index is 1.81. The third-order valence-electron chi connectivity index (χ3n) is 3.07. The van der Waals surface area contributed by atoms with Crippen LogP contribution in [0, 0.1) is 0 Å². The third-order valence-corrected chi connectivity index (χ3v) is 5.47. The van der Waals surface area contributed by atoms with Crippen molar-refractivity contribution in [2.24, 2.45) is 0 Å². The van der Waals surface area contributed by atoms with E-state index in [1.54, 1.807) is 0 Å². The zero-order chi connectivity index (χ0) is 11.9. The van der Waals surface area contributed by atoms with E-state index in [-0.39, 0.29) is 12.7 Å². The van der Waals surface area contributed by atoms with Crippen LogP contribution in [-0.2, 0) is 4.74 Å². The Bertz CT molecular complexity index is 315. The summed E-state index contributed by atoms with van der Waals surface area (Å²) in [7, 11) is 0. The standard InChI is InChI=1S/C14H20O2Se/c15-10-12-6-4-5-7-13(16-12)11-17-14-8-2-1-3-9-14/h1-3,8-9,12-13,15H,4-7,10-11H2/t12-,13+/m0/s1. The van der Waals surface area contributed by atoms with Crippen LogP contribution < -0.4 is 4.46 Å². The second kappa shape index (κ2) is 7.17. The average molecular weight is 299 g/mol. The fourth-order valence-electron chi connectivity index (χ4n) is 2.12. The first-order valence-electron chi connectivity index (χ1n) is 6.32. The summed E-state index contributed by atoms with van der Waals surface area (Å²) in [6, 6.07) is 10.6. The van der Waals surface area contributed by atoms with Gasteiger partial charge < -0.3 is 0 Å². The van der Waals surface area contributed by atoms with Crippen molar-refractivity contribution in [3.8, 4) is 0 Å². The number of rotatable bonds is 4. The van der Waals surface area contributed by atoms with Crippen LogP contribution >= 0.6 is 0 Å². The summed E-state index contributed by atoms with van der Waals surface area (Å²) in [6.07, 6.45) is 5.05. The Hall–Kier alpha value is -0.341. The second-order valence-corrected chi connectivity index (χ2v) is 6.77. The minimum absolute atomic E-state index is 0.0778. The fraction of sp³-hybridized carbons (Fsp3) is 0.571. The predicted octanol–water partition coefficient (Wildman–Crippen LogP) is 1.75. The summed E-state index contributed by atoms with van der Waals surface area (Å²) in [4.78, 5) is 0. The van der Waals surface area contributed by atoms with E-state index in [1.807, 2.05) is 0 Å². The molecule has 1 aliphatic rings. The Kier molecular flexibility index (Phi) is 5.53. The van der Waals surface area contributed by atoms with Crippen LogP contribution in [0.3, 0.4) is 0 Å². The van der Waals surface area contributed by atoms with E-state index in [1.165, 1.54) is 17.3 Å². The Morgan fingerprint density at radius 3 is 2.53 bits per heavy atom. The van der Waals surface area contributed by atoms with Gasteiger partial charge in [0.2, 0.25) is 0 Å². The summed E-state index contributed by atoms with van der Waals surface area (Å²) in [5.41, 5.74) is 0. The van der Waals surface area contributed by atoms with E-state index in [4.69, 9.17) is 4.74 Å². The first kappa shape index (κ1) is 13.1. The molecule has 0 aliphatic carbocycles. The van der Waals surface area contributed by atoms with Gasteiger partial charge in [-0.15, -0.1) is 0 Å². The van der Waals surface area contributed by atoms with Gasteiger partial charge in [0, 0.05) is 0 Å². The number of ether oxygens (including phenoxy) is 1. The summed E-state index contributed by atoms with van der Waals surface area (Å²) in [5.74, 6) is 0. The van der Waals surface area contributed by atoms with Crippen LogP contribution in [-0.4, -0.2) is 38.9 Å². The number of aliphatic hydroxyl groups excluding tert-OH is 1. The van der Waals surface area contributed by atoms with E-state index in [0.29, 0.717) is 21.1 Å². The number of hydrogen-bond donors (Lipinski definition) is 1. The van der Waals surface area contributed by atoms with Gasteiger partial charge in [-0.3, -0.25) is 0 Å². The van der Waals surface area contributed by atoms with Crippen LogP contribution in [0.4, 0.5) is 0 Å². The minimum atomic E-state index is 0.0778. The van der Waals surface area contributed by atoms with Gasteiger partial charge in [-0.25, -0.2) is 0 Å². The second-order valence-electron chi connectivity index (χ2n) is 4.47. The molecule has 0 radical (unpaired) electrons. The zero-order valence-corrected chi connectivity index (χ0v) is 11.8. The Labute approximate surface area is 110 Å². The van der Waals surface area contributed by atoms with Crippen molar-refractivity contribution in [1.82, 2.24) is 0 Å². The molecule has 1 aromatic carbocycles. The molecule has 2 nitrogen and oxygen atoms in total. The molecule has 0 bridgehead atoms. The molecule has 94 valence electrons. The van der Waals surface area contributed by atoms with Crippen LogP contribution in [0.25, 0.3) is 0 Å². The third kappa shape index (κ3) is 4.44. The van der Waals surface area contributed by atoms with Gasteiger partial charge in [-0.05, 0) is 0 Å². The van der Waals surface area contributed by atoms with Crippen LogP contribution in [0.1, 0.15) is 25.7 Å². The topological polar surface area (TPSA) is 29.5 Å². The maximum atomic E-state index is 9.20. The van der Waals surface area contributed by atoms with Crippen molar-refractivity contribution in [3.05, 3.63) is 30.3 Å². The van der Waals surface area contributed by atoms with E-state index < -0.39 is 0 Å². The molecule has 1 N–H and O–H groups in total. The molecule has 0 saturated carbocycles. The molecule has 1 fully saturated rings. The number of hydrogen-bond acceptors (Lipinski definition) is 2.